The maximum atomic E-state index is 13.5. The van der Waals surface area contributed by atoms with Crippen molar-refractivity contribution in [3.05, 3.63) is 64.8 Å². The molecule has 300 valence electrons. The molecule has 2 aliphatic heterocycles. The maximum absolute atomic E-state index is 13.5. The number of fused-ring (bicyclic) bond motifs is 1. The Morgan fingerprint density at radius 3 is 2.43 bits per heavy atom. The molecule has 5 amide bonds. The standard InChI is InChI=1S/C39H50N8O8S/c48-33-11-10-31(35(50)46-33)47-26-29-28(36(47)51)7-5-8-30(29)44-34(49)25-40-14-17-53-19-21-55-22-20-54-18-15-41-37(52)39(12-2-1-3-13-39)24-27-6-4-9-32(43-27)45-38-42-16-23-56-38/h4-9,16,23,31,40H,1-3,10-15,17-22,24-26H2,(H,41,52)(H,44,49)(H,42,43,45)(H,46,48,50). The molecule has 5 N–H and O–H groups in total. The predicted octanol–water partition coefficient (Wildman–Crippen LogP) is 2.93. The van der Waals surface area contributed by atoms with Gasteiger partial charge >= 0.3 is 0 Å². The number of rotatable bonds is 21. The molecule has 3 aromatic rings. The van der Waals surface area contributed by atoms with Crippen molar-refractivity contribution in [2.45, 2.75) is 64.0 Å². The average molecular weight is 791 g/mol. The van der Waals surface area contributed by atoms with E-state index in [4.69, 9.17) is 19.2 Å². The second-order valence-electron chi connectivity index (χ2n) is 14.0. The first kappa shape index (κ1) is 40.8. The lowest BCUT2D eigenvalue weighted by molar-refractivity contribution is -0.137. The van der Waals surface area contributed by atoms with Gasteiger partial charge in [-0.3, -0.25) is 29.3 Å². The van der Waals surface area contributed by atoms with Crippen LogP contribution in [0.5, 0.6) is 0 Å². The number of amides is 5. The Morgan fingerprint density at radius 2 is 1.68 bits per heavy atom. The Hall–Kier alpha value is -4.81. The fourth-order valence-corrected chi connectivity index (χ4v) is 7.85. The smallest absolute Gasteiger partial charge is 0.255 e. The number of anilines is 3. The molecule has 17 heteroatoms. The third-order valence-electron chi connectivity index (χ3n) is 10.1. The van der Waals surface area contributed by atoms with Crippen molar-refractivity contribution >= 4 is 57.5 Å². The van der Waals surface area contributed by atoms with E-state index in [1.54, 1.807) is 24.4 Å². The zero-order valence-electron chi connectivity index (χ0n) is 31.4. The molecule has 4 heterocycles. The lowest BCUT2D eigenvalue weighted by Crippen LogP contribution is -2.52. The van der Waals surface area contributed by atoms with Gasteiger partial charge < -0.3 is 40.4 Å². The molecule has 0 bridgehead atoms. The van der Waals surface area contributed by atoms with E-state index in [0.29, 0.717) is 76.0 Å². The lowest BCUT2D eigenvalue weighted by Gasteiger charge is -2.35. The number of ether oxygens (including phenoxy) is 3. The Labute approximate surface area is 329 Å². The summed E-state index contributed by atoms with van der Waals surface area (Å²) in [7, 11) is 0. The van der Waals surface area contributed by atoms with Crippen molar-refractivity contribution in [3.8, 4) is 0 Å². The molecular formula is C39H50N8O8S. The topological polar surface area (TPSA) is 202 Å². The SMILES string of the molecule is O=C1CCC(N2Cc3c(NC(=O)CNCCOCCOCCOCCNC(=O)C4(Cc5cccc(Nc6nccs6)n5)CCCCC4)cccc3C2=O)C(=O)N1. The third kappa shape index (κ3) is 11.2. The number of piperidine rings is 1. The number of hydrogen-bond donors (Lipinski definition) is 5. The van der Waals surface area contributed by atoms with Crippen molar-refractivity contribution in [3.63, 3.8) is 0 Å². The van der Waals surface area contributed by atoms with Crippen LogP contribution in [0.3, 0.4) is 0 Å². The monoisotopic (exact) mass is 790 g/mol. The van der Waals surface area contributed by atoms with Gasteiger partial charge in [0, 0.05) is 66.6 Å². The summed E-state index contributed by atoms with van der Waals surface area (Å²) in [4.78, 5) is 73.5. The molecule has 6 rings (SSSR count). The molecule has 2 fully saturated rings. The quantitative estimate of drug-likeness (QED) is 0.0782. The fraction of sp³-hybridized carbons (Fsp3) is 0.513. The van der Waals surface area contributed by atoms with Crippen molar-refractivity contribution in [2.24, 2.45) is 5.41 Å². The van der Waals surface area contributed by atoms with Gasteiger partial charge in [-0.25, -0.2) is 9.97 Å². The Bertz CT molecular complexity index is 1820. The number of carbonyl (C=O) groups excluding carboxylic acids is 5. The molecule has 56 heavy (non-hydrogen) atoms. The minimum Gasteiger partial charge on any atom is -0.378 e. The molecule has 0 spiro atoms. The Kier molecular flexibility index (Phi) is 14.9. The first-order valence-electron chi connectivity index (χ1n) is 19.2. The van der Waals surface area contributed by atoms with E-state index in [-0.39, 0.29) is 49.6 Å². The van der Waals surface area contributed by atoms with Crippen LogP contribution in [0.2, 0.25) is 0 Å². The van der Waals surface area contributed by atoms with E-state index in [9.17, 15) is 24.0 Å². The molecule has 1 saturated heterocycles. The van der Waals surface area contributed by atoms with E-state index in [1.165, 1.54) is 16.2 Å². The largest absolute Gasteiger partial charge is 0.378 e. The molecule has 16 nitrogen and oxygen atoms in total. The van der Waals surface area contributed by atoms with Crippen LogP contribution >= 0.6 is 11.3 Å². The van der Waals surface area contributed by atoms with Gasteiger partial charge in [0.25, 0.3) is 5.91 Å². The first-order valence-corrected chi connectivity index (χ1v) is 20.1. The summed E-state index contributed by atoms with van der Waals surface area (Å²) in [5, 5.41) is 17.2. The number of hydrogen-bond acceptors (Lipinski definition) is 13. The maximum Gasteiger partial charge on any atom is 0.255 e. The van der Waals surface area contributed by atoms with Gasteiger partial charge in [0.15, 0.2) is 5.13 Å². The fourth-order valence-electron chi connectivity index (χ4n) is 7.31. The molecule has 3 aliphatic rings. The van der Waals surface area contributed by atoms with Gasteiger partial charge in [-0.2, -0.15) is 0 Å². The van der Waals surface area contributed by atoms with Crippen LogP contribution in [0.15, 0.2) is 48.0 Å². The molecule has 1 saturated carbocycles. The van der Waals surface area contributed by atoms with Crippen LogP contribution in [0.25, 0.3) is 0 Å². The highest BCUT2D eigenvalue weighted by Crippen LogP contribution is 2.39. The molecule has 1 aliphatic carbocycles. The molecule has 2 aromatic heterocycles. The number of benzene rings is 1. The highest BCUT2D eigenvalue weighted by Gasteiger charge is 2.41. The number of thiazole rings is 1. The van der Waals surface area contributed by atoms with Crippen LogP contribution in [0.4, 0.5) is 16.6 Å². The summed E-state index contributed by atoms with van der Waals surface area (Å²) in [5.74, 6) is -0.618. The van der Waals surface area contributed by atoms with Gasteiger partial charge in [0.05, 0.1) is 51.6 Å². The second-order valence-corrected chi connectivity index (χ2v) is 14.9. The van der Waals surface area contributed by atoms with Gasteiger partial charge in [-0.1, -0.05) is 31.4 Å². The van der Waals surface area contributed by atoms with Crippen LogP contribution in [0, 0.1) is 5.41 Å². The summed E-state index contributed by atoms with van der Waals surface area (Å²) in [6, 6.07) is 10.2. The zero-order chi connectivity index (χ0) is 39.2. The van der Waals surface area contributed by atoms with Crippen LogP contribution < -0.4 is 26.6 Å². The first-order chi connectivity index (χ1) is 27.3. The van der Waals surface area contributed by atoms with E-state index in [0.717, 1.165) is 48.7 Å². The summed E-state index contributed by atoms with van der Waals surface area (Å²) >= 11 is 1.51. The Morgan fingerprint density at radius 1 is 0.929 bits per heavy atom. The number of nitrogens with one attached hydrogen (secondary N) is 5. The highest BCUT2D eigenvalue weighted by atomic mass is 32.1. The summed E-state index contributed by atoms with van der Waals surface area (Å²) in [5.41, 5.74) is 2.00. The molecule has 1 atom stereocenters. The predicted molar refractivity (Wildman–Crippen MR) is 208 cm³/mol. The van der Waals surface area contributed by atoms with Crippen molar-refractivity contribution < 1.29 is 38.2 Å². The summed E-state index contributed by atoms with van der Waals surface area (Å²) < 4.78 is 16.9. The molecule has 0 radical (unpaired) electrons. The van der Waals surface area contributed by atoms with E-state index >= 15 is 0 Å². The summed E-state index contributed by atoms with van der Waals surface area (Å²) in [6.07, 6.45) is 7.63. The minimum atomic E-state index is -0.723. The minimum absolute atomic E-state index is 0.0459. The number of pyridine rings is 1. The normalized spacial score (nSPS) is 17.7. The summed E-state index contributed by atoms with van der Waals surface area (Å²) in [6.45, 7) is 3.44. The van der Waals surface area contributed by atoms with Gasteiger partial charge in [0.2, 0.25) is 23.6 Å². The Balaban J connectivity index is 0.787. The molecule has 1 unspecified atom stereocenters. The second kappa shape index (κ2) is 20.4. The van der Waals surface area contributed by atoms with E-state index in [2.05, 4.69) is 31.6 Å². The highest BCUT2D eigenvalue weighted by molar-refractivity contribution is 7.13. The van der Waals surface area contributed by atoms with Gasteiger partial charge in [-0.05, 0) is 43.5 Å². The molecule has 1 aromatic carbocycles. The van der Waals surface area contributed by atoms with Crippen molar-refractivity contribution in [2.75, 3.05) is 69.9 Å². The number of carbonyl (C=O) groups is 5. The van der Waals surface area contributed by atoms with Gasteiger partial charge in [0.1, 0.15) is 11.9 Å². The average Bonchev–Trinajstić information content (AvgIpc) is 3.83. The van der Waals surface area contributed by atoms with Crippen LogP contribution in [0.1, 0.15) is 66.6 Å². The zero-order valence-corrected chi connectivity index (χ0v) is 32.3. The van der Waals surface area contributed by atoms with E-state index < -0.39 is 17.4 Å². The number of aromatic nitrogens is 2. The van der Waals surface area contributed by atoms with Gasteiger partial charge in [-0.15, -0.1) is 11.3 Å². The molecular weight excluding hydrogens is 741 g/mol. The van der Waals surface area contributed by atoms with Crippen molar-refractivity contribution in [1.29, 1.82) is 0 Å². The number of imide groups is 1. The number of nitrogens with zero attached hydrogens (tertiary/aromatic N) is 3. The van der Waals surface area contributed by atoms with E-state index in [1.807, 2.05) is 23.6 Å². The van der Waals surface area contributed by atoms with Crippen LogP contribution in [-0.4, -0.2) is 110 Å². The third-order valence-corrected chi connectivity index (χ3v) is 10.8. The lowest BCUT2D eigenvalue weighted by atomic mass is 9.70. The van der Waals surface area contributed by atoms with Crippen molar-refractivity contribution in [1.82, 2.24) is 30.8 Å². The van der Waals surface area contributed by atoms with Crippen LogP contribution in [-0.2, 0) is 46.4 Å².